The predicted octanol–water partition coefficient (Wildman–Crippen LogP) is 3.55. The van der Waals surface area contributed by atoms with Crippen molar-refractivity contribution in [2.24, 2.45) is 4.99 Å². The maximum Gasteiger partial charge on any atom is 0.286 e. The number of hydrogen-bond donors (Lipinski definition) is 0. The van der Waals surface area contributed by atoms with Crippen LogP contribution in [0.15, 0.2) is 64.5 Å². The number of carbonyl (C=O) groups excluding carboxylic acids is 1. The summed E-state index contributed by atoms with van der Waals surface area (Å²) < 4.78 is 0. The molecular formula is C22H24N4OS. The number of amidine groups is 1. The number of benzene rings is 2. The van der Waals surface area contributed by atoms with Crippen molar-refractivity contribution in [3.05, 3.63) is 65.1 Å². The van der Waals surface area contributed by atoms with Gasteiger partial charge in [0, 0.05) is 51.6 Å². The highest BCUT2D eigenvalue weighted by atomic mass is 32.2. The fourth-order valence-electron chi connectivity index (χ4n) is 3.35. The SMILES string of the molecule is CN(C)c1ccc(C=C2SC(N3CCN(c4ccccc4)CC3)=NC2=O)cc1. The van der Waals surface area contributed by atoms with Gasteiger partial charge in [-0.2, -0.15) is 4.99 Å². The van der Waals surface area contributed by atoms with Crippen molar-refractivity contribution >= 4 is 40.3 Å². The Labute approximate surface area is 170 Å². The second kappa shape index (κ2) is 8.10. The monoisotopic (exact) mass is 392 g/mol. The summed E-state index contributed by atoms with van der Waals surface area (Å²) in [6.45, 7) is 3.61. The zero-order valence-corrected chi connectivity index (χ0v) is 17.0. The summed E-state index contributed by atoms with van der Waals surface area (Å²) in [5.74, 6) is -0.137. The van der Waals surface area contributed by atoms with Crippen LogP contribution in [0.1, 0.15) is 5.56 Å². The largest absolute Gasteiger partial charge is 0.378 e. The van der Waals surface area contributed by atoms with E-state index >= 15 is 0 Å². The quantitative estimate of drug-likeness (QED) is 0.747. The molecule has 1 fully saturated rings. The van der Waals surface area contributed by atoms with Crippen LogP contribution in [0.25, 0.3) is 6.08 Å². The van der Waals surface area contributed by atoms with Crippen LogP contribution in [0.5, 0.6) is 0 Å². The topological polar surface area (TPSA) is 39.1 Å². The van der Waals surface area contributed by atoms with Crippen LogP contribution in [-0.2, 0) is 4.79 Å². The van der Waals surface area contributed by atoms with Gasteiger partial charge in [0.2, 0.25) is 0 Å². The van der Waals surface area contributed by atoms with Gasteiger partial charge >= 0.3 is 0 Å². The molecule has 0 radical (unpaired) electrons. The molecule has 0 unspecified atom stereocenters. The number of hydrogen-bond acceptors (Lipinski definition) is 5. The molecule has 1 saturated heterocycles. The fourth-order valence-corrected chi connectivity index (χ4v) is 4.31. The second-order valence-corrected chi connectivity index (χ2v) is 8.11. The zero-order valence-electron chi connectivity index (χ0n) is 16.2. The molecule has 1 amide bonds. The lowest BCUT2D eigenvalue weighted by Crippen LogP contribution is -2.47. The fraction of sp³-hybridized carbons (Fsp3) is 0.273. The van der Waals surface area contributed by atoms with Crippen molar-refractivity contribution in [1.82, 2.24) is 4.90 Å². The standard InChI is InChI=1S/C22H24N4OS/c1-24(2)18-10-8-17(9-11-18)16-20-21(27)23-22(28-20)26-14-12-25(13-15-26)19-6-4-3-5-7-19/h3-11,16H,12-15H2,1-2H3. The summed E-state index contributed by atoms with van der Waals surface area (Å²) in [6, 6.07) is 18.6. The molecule has 0 spiro atoms. The molecule has 144 valence electrons. The summed E-state index contributed by atoms with van der Waals surface area (Å²) in [5.41, 5.74) is 3.41. The molecule has 0 atom stereocenters. The van der Waals surface area contributed by atoms with Crippen LogP contribution >= 0.6 is 11.8 Å². The third-order valence-corrected chi connectivity index (χ3v) is 6.03. The Bertz CT molecular complexity index is 898. The van der Waals surface area contributed by atoms with Gasteiger partial charge < -0.3 is 14.7 Å². The van der Waals surface area contributed by atoms with Crippen LogP contribution in [0.2, 0.25) is 0 Å². The van der Waals surface area contributed by atoms with Gasteiger partial charge in [0.25, 0.3) is 5.91 Å². The lowest BCUT2D eigenvalue weighted by molar-refractivity contribution is -0.113. The second-order valence-electron chi connectivity index (χ2n) is 7.11. The normalized spacial score (nSPS) is 18.6. The maximum absolute atomic E-state index is 12.4. The number of aliphatic imine (C=N–C) groups is 1. The first-order valence-corrected chi connectivity index (χ1v) is 10.3. The van der Waals surface area contributed by atoms with Crippen LogP contribution in [0.3, 0.4) is 0 Å². The van der Waals surface area contributed by atoms with Crippen molar-refractivity contribution in [3.63, 3.8) is 0 Å². The number of piperazine rings is 1. The molecule has 28 heavy (non-hydrogen) atoms. The molecule has 5 nitrogen and oxygen atoms in total. The van der Waals surface area contributed by atoms with E-state index in [1.54, 1.807) is 0 Å². The molecule has 2 aliphatic heterocycles. The van der Waals surface area contributed by atoms with Gasteiger partial charge in [0.1, 0.15) is 0 Å². The van der Waals surface area contributed by atoms with Crippen LogP contribution < -0.4 is 9.80 Å². The smallest absolute Gasteiger partial charge is 0.286 e. The van der Waals surface area contributed by atoms with Gasteiger partial charge in [-0.3, -0.25) is 4.79 Å². The van der Waals surface area contributed by atoms with Gasteiger partial charge in [-0.15, -0.1) is 0 Å². The molecule has 0 aromatic heterocycles. The number of carbonyl (C=O) groups is 1. The molecule has 0 saturated carbocycles. The Kier molecular flexibility index (Phi) is 5.39. The first-order valence-electron chi connectivity index (χ1n) is 9.45. The minimum Gasteiger partial charge on any atom is -0.378 e. The van der Waals surface area contributed by atoms with Gasteiger partial charge in [-0.1, -0.05) is 30.3 Å². The molecule has 6 heteroatoms. The van der Waals surface area contributed by atoms with E-state index < -0.39 is 0 Å². The minimum absolute atomic E-state index is 0.137. The highest BCUT2D eigenvalue weighted by Crippen LogP contribution is 2.31. The summed E-state index contributed by atoms with van der Waals surface area (Å²) in [4.78, 5) is 24.0. The zero-order chi connectivity index (χ0) is 19.5. The summed E-state index contributed by atoms with van der Waals surface area (Å²) in [7, 11) is 4.03. The van der Waals surface area contributed by atoms with E-state index in [-0.39, 0.29) is 5.91 Å². The van der Waals surface area contributed by atoms with E-state index in [4.69, 9.17) is 0 Å². The van der Waals surface area contributed by atoms with E-state index in [2.05, 4.69) is 56.1 Å². The lowest BCUT2D eigenvalue weighted by Gasteiger charge is -2.36. The van der Waals surface area contributed by atoms with Crippen molar-refractivity contribution < 1.29 is 4.79 Å². The molecule has 0 bridgehead atoms. The Hall–Kier alpha value is -2.73. The van der Waals surface area contributed by atoms with Crippen molar-refractivity contribution in [2.45, 2.75) is 0 Å². The number of para-hydroxylation sites is 1. The molecular weight excluding hydrogens is 368 g/mol. The van der Waals surface area contributed by atoms with Gasteiger partial charge in [0.15, 0.2) is 5.17 Å². The van der Waals surface area contributed by atoms with E-state index in [9.17, 15) is 4.79 Å². The Balaban J connectivity index is 1.39. The molecule has 2 aliphatic rings. The molecule has 0 N–H and O–H groups in total. The van der Waals surface area contributed by atoms with Crippen molar-refractivity contribution in [2.75, 3.05) is 50.1 Å². The molecule has 0 aliphatic carbocycles. The average molecular weight is 393 g/mol. The van der Waals surface area contributed by atoms with E-state index in [1.165, 1.54) is 17.4 Å². The van der Waals surface area contributed by atoms with Crippen LogP contribution in [0.4, 0.5) is 11.4 Å². The molecule has 4 rings (SSSR count). The number of anilines is 2. The van der Waals surface area contributed by atoms with Gasteiger partial charge in [-0.05, 0) is 47.7 Å². The van der Waals surface area contributed by atoms with Crippen LogP contribution in [0, 0.1) is 0 Å². The predicted molar refractivity (Wildman–Crippen MR) is 119 cm³/mol. The Morgan fingerprint density at radius 3 is 2.21 bits per heavy atom. The van der Waals surface area contributed by atoms with Gasteiger partial charge in [-0.25, -0.2) is 0 Å². The first-order chi connectivity index (χ1) is 13.6. The number of amides is 1. The summed E-state index contributed by atoms with van der Waals surface area (Å²) >= 11 is 1.49. The number of thioether (sulfide) groups is 1. The average Bonchev–Trinajstić information content (AvgIpc) is 3.09. The maximum atomic E-state index is 12.4. The number of rotatable bonds is 3. The van der Waals surface area contributed by atoms with E-state index in [0.717, 1.165) is 42.6 Å². The summed E-state index contributed by atoms with van der Waals surface area (Å²) in [5, 5.41) is 0.828. The molecule has 2 aromatic rings. The first kappa shape index (κ1) is 18.6. The van der Waals surface area contributed by atoms with E-state index in [0.29, 0.717) is 4.91 Å². The highest BCUT2D eigenvalue weighted by Gasteiger charge is 2.28. The highest BCUT2D eigenvalue weighted by molar-refractivity contribution is 8.18. The third-order valence-electron chi connectivity index (χ3n) is 4.99. The van der Waals surface area contributed by atoms with E-state index in [1.807, 2.05) is 38.4 Å². The Morgan fingerprint density at radius 2 is 1.57 bits per heavy atom. The van der Waals surface area contributed by atoms with Crippen LogP contribution in [-0.4, -0.2) is 56.2 Å². The minimum atomic E-state index is -0.137. The lowest BCUT2D eigenvalue weighted by atomic mass is 10.2. The van der Waals surface area contributed by atoms with Crippen molar-refractivity contribution in [1.29, 1.82) is 0 Å². The molecule has 2 heterocycles. The van der Waals surface area contributed by atoms with Crippen molar-refractivity contribution in [3.8, 4) is 0 Å². The molecule has 2 aromatic carbocycles. The summed E-state index contributed by atoms with van der Waals surface area (Å²) in [6.07, 6.45) is 1.93. The Morgan fingerprint density at radius 1 is 0.929 bits per heavy atom. The third kappa shape index (κ3) is 4.07. The van der Waals surface area contributed by atoms with Gasteiger partial charge in [0.05, 0.1) is 4.91 Å². The number of nitrogens with zero attached hydrogens (tertiary/aromatic N) is 4.